The number of amides is 1. The molecule has 2 rings (SSSR count). The molecule has 1 aliphatic heterocycles. The quantitative estimate of drug-likeness (QED) is 0.622. The zero-order valence-electron chi connectivity index (χ0n) is 13.7. The van der Waals surface area contributed by atoms with Gasteiger partial charge in [0.25, 0.3) is 15.9 Å². The Morgan fingerprint density at radius 3 is 2.62 bits per heavy atom. The maximum atomic E-state index is 12.5. The van der Waals surface area contributed by atoms with E-state index in [9.17, 15) is 13.2 Å². The van der Waals surface area contributed by atoms with Crippen molar-refractivity contribution < 1.29 is 13.2 Å². The van der Waals surface area contributed by atoms with E-state index in [1.54, 1.807) is 18.2 Å². The highest BCUT2D eigenvalue weighted by molar-refractivity contribution is 7.90. The van der Waals surface area contributed by atoms with E-state index in [2.05, 4.69) is 10.0 Å². The van der Waals surface area contributed by atoms with Gasteiger partial charge in [-0.15, -0.1) is 0 Å². The normalized spacial score (nSPS) is 24.2. The fourth-order valence-corrected chi connectivity index (χ4v) is 3.76. The van der Waals surface area contributed by atoms with E-state index >= 15 is 0 Å². The van der Waals surface area contributed by atoms with Gasteiger partial charge in [-0.25, -0.2) is 13.1 Å². The van der Waals surface area contributed by atoms with Crippen LogP contribution in [0.2, 0.25) is 0 Å². The Kier molecular flexibility index (Phi) is 6.81. The number of fused-ring (bicyclic) bond motifs is 1. The molecule has 1 atom stereocenters. The average molecular weight is 351 g/mol. The molecule has 0 bridgehead atoms. The number of benzene rings is 1. The maximum absolute atomic E-state index is 12.5. The number of nitrogens with one attached hydrogen (secondary N) is 2. The fourth-order valence-electron chi connectivity index (χ4n) is 2.54. The lowest BCUT2D eigenvalue weighted by atomic mass is 10.1. The lowest BCUT2D eigenvalue weighted by molar-refractivity contribution is -0.120. The van der Waals surface area contributed by atoms with E-state index in [0.29, 0.717) is 18.7 Å². The van der Waals surface area contributed by atoms with Gasteiger partial charge in [-0.05, 0) is 37.8 Å². The molecule has 4 N–H and O–H groups in total. The Hall–Kier alpha value is -1.86. The molecule has 6 nitrogen and oxygen atoms in total. The van der Waals surface area contributed by atoms with E-state index in [0.717, 1.165) is 32.1 Å². The number of nitrogens with two attached hydrogens (primary N) is 1. The van der Waals surface area contributed by atoms with Crippen molar-refractivity contribution in [1.29, 1.82) is 0 Å². The zero-order chi connectivity index (χ0) is 17.4. The van der Waals surface area contributed by atoms with Crippen molar-refractivity contribution in [2.75, 3.05) is 11.9 Å². The van der Waals surface area contributed by atoms with Crippen LogP contribution in [0, 0.1) is 0 Å². The van der Waals surface area contributed by atoms with Gasteiger partial charge in [0.1, 0.15) is 4.90 Å². The first kappa shape index (κ1) is 18.5. The molecule has 1 unspecified atom stereocenters. The molecule has 0 aliphatic carbocycles. The first-order valence-electron chi connectivity index (χ1n) is 8.31. The van der Waals surface area contributed by atoms with Crippen LogP contribution in [0.4, 0.5) is 5.69 Å². The number of carbonyl (C=O) groups is 1. The first-order chi connectivity index (χ1) is 11.5. The molecule has 132 valence electrons. The molecule has 1 amide bonds. The van der Waals surface area contributed by atoms with Gasteiger partial charge in [0.05, 0.1) is 11.7 Å². The van der Waals surface area contributed by atoms with Gasteiger partial charge in [-0.2, -0.15) is 0 Å². The predicted molar refractivity (Wildman–Crippen MR) is 95.1 cm³/mol. The molecule has 1 aromatic rings. The standard InChI is InChI=1S/C17H25N3O3S/c18-14-10-6-4-2-1-3-5-9-13-19-15-11-7-8-12-16(15)24(22,23)20-17(14)21/h4,6-8,11-12,14,19H,1-3,5,9-10,13,18H2,(H,20,21)/b6-4+. The Morgan fingerprint density at radius 2 is 1.79 bits per heavy atom. The monoisotopic (exact) mass is 351 g/mol. The van der Waals surface area contributed by atoms with Crippen LogP contribution in [0.15, 0.2) is 41.3 Å². The summed E-state index contributed by atoms with van der Waals surface area (Å²) in [5, 5.41) is 3.15. The van der Waals surface area contributed by atoms with Gasteiger partial charge in [0.15, 0.2) is 0 Å². The summed E-state index contributed by atoms with van der Waals surface area (Å²) in [6, 6.07) is 5.68. The van der Waals surface area contributed by atoms with Gasteiger partial charge in [0.2, 0.25) is 0 Å². The van der Waals surface area contributed by atoms with Crippen LogP contribution in [-0.4, -0.2) is 26.9 Å². The molecule has 1 heterocycles. The molecule has 7 heteroatoms. The number of rotatable bonds is 0. The van der Waals surface area contributed by atoms with Crippen LogP contribution < -0.4 is 15.8 Å². The molecule has 1 aromatic carbocycles. The van der Waals surface area contributed by atoms with Gasteiger partial charge < -0.3 is 11.1 Å². The van der Waals surface area contributed by atoms with Crippen LogP contribution in [0.1, 0.15) is 38.5 Å². The van der Waals surface area contributed by atoms with Crippen LogP contribution in [-0.2, 0) is 14.8 Å². The number of para-hydroxylation sites is 1. The van der Waals surface area contributed by atoms with Crippen LogP contribution in [0.25, 0.3) is 0 Å². The zero-order valence-corrected chi connectivity index (χ0v) is 14.5. The topological polar surface area (TPSA) is 101 Å². The Bertz CT molecular complexity index is 686. The molecule has 0 saturated heterocycles. The van der Waals surface area contributed by atoms with E-state index in [4.69, 9.17) is 5.73 Å². The van der Waals surface area contributed by atoms with Gasteiger partial charge in [-0.1, -0.05) is 37.1 Å². The Balaban J connectivity index is 2.23. The molecule has 0 radical (unpaired) electrons. The smallest absolute Gasteiger partial charge is 0.266 e. The highest BCUT2D eigenvalue weighted by Crippen LogP contribution is 2.21. The third-order valence-electron chi connectivity index (χ3n) is 3.92. The van der Waals surface area contributed by atoms with Crippen molar-refractivity contribution in [1.82, 2.24) is 4.72 Å². The van der Waals surface area contributed by atoms with Crippen LogP contribution in [0.5, 0.6) is 0 Å². The molecule has 0 aromatic heterocycles. The molecule has 0 spiro atoms. The largest absolute Gasteiger partial charge is 0.384 e. The minimum Gasteiger partial charge on any atom is -0.384 e. The van der Waals surface area contributed by atoms with Gasteiger partial charge in [-0.3, -0.25) is 4.79 Å². The lowest BCUT2D eigenvalue weighted by Gasteiger charge is -2.15. The highest BCUT2D eigenvalue weighted by Gasteiger charge is 2.23. The fraction of sp³-hybridized carbons (Fsp3) is 0.471. The summed E-state index contributed by atoms with van der Waals surface area (Å²) in [6.45, 7) is 0.690. The van der Waals surface area contributed by atoms with Crippen molar-refractivity contribution in [3.05, 3.63) is 36.4 Å². The van der Waals surface area contributed by atoms with Crippen molar-refractivity contribution in [3.63, 3.8) is 0 Å². The van der Waals surface area contributed by atoms with Crippen LogP contribution in [0.3, 0.4) is 0 Å². The summed E-state index contributed by atoms with van der Waals surface area (Å²) in [5.74, 6) is -0.693. The summed E-state index contributed by atoms with van der Waals surface area (Å²) >= 11 is 0. The molecular formula is C17H25N3O3S. The molecule has 0 fully saturated rings. The summed E-state index contributed by atoms with van der Waals surface area (Å²) < 4.78 is 27.1. The highest BCUT2D eigenvalue weighted by atomic mass is 32.2. The second-order valence-electron chi connectivity index (χ2n) is 5.91. The third kappa shape index (κ3) is 5.35. The van der Waals surface area contributed by atoms with E-state index in [-0.39, 0.29) is 4.90 Å². The van der Waals surface area contributed by atoms with Crippen molar-refractivity contribution in [2.45, 2.75) is 49.5 Å². The van der Waals surface area contributed by atoms with Crippen molar-refractivity contribution in [3.8, 4) is 0 Å². The first-order valence-corrected chi connectivity index (χ1v) is 9.79. The number of sulfonamides is 1. The van der Waals surface area contributed by atoms with Crippen molar-refractivity contribution in [2.24, 2.45) is 5.73 Å². The SMILES string of the molecule is NC1C/C=C/CCCCCCNc2ccccc2S(=O)(=O)NC1=O. The minimum atomic E-state index is -3.96. The van der Waals surface area contributed by atoms with Crippen molar-refractivity contribution >= 4 is 21.6 Å². The summed E-state index contributed by atoms with van der Waals surface area (Å²) in [6.07, 6.45) is 9.40. The predicted octanol–water partition coefficient (Wildman–Crippen LogP) is 2.14. The van der Waals surface area contributed by atoms with E-state index < -0.39 is 22.0 Å². The average Bonchev–Trinajstić information content (AvgIpc) is 2.55. The number of hydrogen-bond donors (Lipinski definition) is 3. The maximum Gasteiger partial charge on any atom is 0.266 e. The van der Waals surface area contributed by atoms with E-state index in [1.165, 1.54) is 6.07 Å². The number of carbonyl (C=O) groups excluding carboxylic acids is 1. The van der Waals surface area contributed by atoms with E-state index in [1.807, 2.05) is 12.2 Å². The minimum absolute atomic E-state index is 0.0631. The summed E-state index contributed by atoms with van der Waals surface area (Å²) in [4.78, 5) is 12.1. The second-order valence-corrected chi connectivity index (χ2v) is 7.56. The number of anilines is 1. The second kappa shape index (κ2) is 8.84. The molecule has 0 saturated carbocycles. The van der Waals surface area contributed by atoms with Crippen LogP contribution >= 0.6 is 0 Å². The number of hydrogen-bond acceptors (Lipinski definition) is 5. The molecule has 24 heavy (non-hydrogen) atoms. The summed E-state index contributed by atoms with van der Waals surface area (Å²) in [7, 11) is -3.96. The Morgan fingerprint density at radius 1 is 1.04 bits per heavy atom. The Labute approximate surface area is 143 Å². The summed E-state index contributed by atoms with van der Waals surface area (Å²) in [5.41, 5.74) is 6.28. The third-order valence-corrected chi connectivity index (χ3v) is 5.32. The molecular weight excluding hydrogens is 326 g/mol. The van der Waals surface area contributed by atoms with Gasteiger partial charge >= 0.3 is 0 Å². The molecule has 1 aliphatic rings. The lowest BCUT2D eigenvalue weighted by Crippen LogP contribution is -2.43. The number of allylic oxidation sites excluding steroid dienone is 1. The van der Waals surface area contributed by atoms with Gasteiger partial charge in [0, 0.05) is 6.54 Å².